The predicted octanol–water partition coefficient (Wildman–Crippen LogP) is 1.23. The summed E-state index contributed by atoms with van der Waals surface area (Å²) in [5.74, 6) is 1.84. The highest BCUT2D eigenvalue weighted by molar-refractivity contribution is 5.53. The zero-order valence-corrected chi connectivity index (χ0v) is 11.5. The highest BCUT2D eigenvalue weighted by Gasteiger charge is 2.23. The summed E-state index contributed by atoms with van der Waals surface area (Å²) >= 11 is 0. The Hall–Kier alpha value is -1.56. The molecule has 0 spiro atoms. The Labute approximate surface area is 114 Å². The molecule has 0 bridgehead atoms. The lowest BCUT2D eigenvalue weighted by molar-refractivity contribution is 0.239. The Bertz CT molecular complexity index is 412. The highest BCUT2D eigenvalue weighted by atomic mass is 16.3. The summed E-state index contributed by atoms with van der Waals surface area (Å²) in [7, 11) is 0. The van der Waals surface area contributed by atoms with Gasteiger partial charge in [0.15, 0.2) is 0 Å². The molecule has 1 atom stereocenters. The van der Waals surface area contributed by atoms with Gasteiger partial charge in [-0.25, -0.2) is 0 Å². The first-order valence-corrected chi connectivity index (χ1v) is 7.00. The molecule has 2 rings (SSSR count). The lowest BCUT2D eigenvalue weighted by atomic mass is 10.0. The average Bonchev–Trinajstić information content (AvgIpc) is 2.44. The van der Waals surface area contributed by atoms with Crippen molar-refractivity contribution < 1.29 is 5.11 Å². The topological polar surface area (TPSA) is 87.3 Å². The smallest absolute Gasteiger partial charge is 0.223 e. The second-order valence-corrected chi connectivity index (χ2v) is 4.92. The lowest BCUT2D eigenvalue weighted by Crippen LogP contribution is -2.42. The highest BCUT2D eigenvalue weighted by Crippen LogP contribution is 2.25. The van der Waals surface area contributed by atoms with Gasteiger partial charge in [-0.1, -0.05) is 6.92 Å². The maximum absolute atomic E-state index is 9.47. The van der Waals surface area contributed by atoms with E-state index in [4.69, 9.17) is 5.73 Å². The van der Waals surface area contributed by atoms with Crippen molar-refractivity contribution in [2.45, 2.75) is 38.6 Å². The summed E-state index contributed by atoms with van der Waals surface area (Å²) in [5.41, 5.74) is 5.77. The van der Waals surface area contributed by atoms with E-state index in [-0.39, 0.29) is 18.6 Å². The van der Waals surface area contributed by atoms with E-state index in [0.717, 1.165) is 50.4 Å². The number of hydrogen-bond acceptors (Lipinski definition) is 6. The van der Waals surface area contributed by atoms with Crippen LogP contribution in [0.15, 0.2) is 6.07 Å². The number of nitrogen functional groups attached to an aromatic ring is 1. The molecule has 0 amide bonds. The van der Waals surface area contributed by atoms with Crippen LogP contribution in [0.25, 0.3) is 0 Å². The second-order valence-electron chi connectivity index (χ2n) is 4.92. The Balaban J connectivity index is 2.19. The minimum Gasteiger partial charge on any atom is -0.394 e. The number of nitrogens with zero attached hydrogens (tertiary/aromatic N) is 3. The van der Waals surface area contributed by atoms with Gasteiger partial charge in [0.25, 0.3) is 0 Å². The summed E-state index contributed by atoms with van der Waals surface area (Å²) in [6.07, 6.45) is 4.31. The van der Waals surface area contributed by atoms with Crippen molar-refractivity contribution in [1.29, 1.82) is 0 Å². The van der Waals surface area contributed by atoms with Crippen molar-refractivity contribution in [3.8, 4) is 0 Å². The number of rotatable bonds is 5. The number of piperidine rings is 1. The summed E-state index contributed by atoms with van der Waals surface area (Å²) in [6.45, 7) is 4.03. The summed E-state index contributed by atoms with van der Waals surface area (Å²) in [4.78, 5) is 10.6. The van der Waals surface area contributed by atoms with Crippen LogP contribution in [0.5, 0.6) is 0 Å². The van der Waals surface area contributed by atoms with Crippen LogP contribution in [0.4, 0.5) is 17.6 Å². The van der Waals surface area contributed by atoms with E-state index in [9.17, 15) is 5.11 Å². The second kappa shape index (κ2) is 6.56. The van der Waals surface area contributed by atoms with Crippen molar-refractivity contribution in [2.24, 2.45) is 0 Å². The fourth-order valence-electron chi connectivity index (χ4n) is 2.44. The van der Waals surface area contributed by atoms with Crippen LogP contribution in [-0.4, -0.2) is 40.8 Å². The Morgan fingerprint density at radius 2 is 2.32 bits per heavy atom. The zero-order valence-electron chi connectivity index (χ0n) is 11.5. The maximum atomic E-state index is 9.47. The van der Waals surface area contributed by atoms with Crippen molar-refractivity contribution in [2.75, 3.05) is 35.6 Å². The molecule has 4 N–H and O–H groups in total. The van der Waals surface area contributed by atoms with E-state index in [1.165, 1.54) is 0 Å². The molecule has 1 saturated heterocycles. The first-order valence-electron chi connectivity index (χ1n) is 7.00. The fraction of sp³-hybridized carbons (Fsp3) is 0.692. The van der Waals surface area contributed by atoms with E-state index in [2.05, 4.69) is 27.1 Å². The number of hydrogen-bond donors (Lipinski definition) is 3. The number of aromatic nitrogens is 2. The molecule has 1 aromatic rings. The molecule has 1 aliphatic rings. The third-order valence-corrected chi connectivity index (χ3v) is 3.42. The summed E-state index contributed by atoms with van der Waals surface area (Å²) < 4.78 is 0. The van der Waals surface area contributed by atoms with E-state index in [1.54, 1.807) is 0 Å². The molecular weight excluding hydrogens is 242 g/mol. The van der Waals surface area contributed by atoms with Crippen LogP contribution in [-0.2, 0) is 0 Å². The van der Waals surface area contributed by atoms with Gasteiger partial charge in [-0.2, -0.15) is 9.97 Å². The molecule has 1 aliphatic heterocycles. The van der Waals surface area contributed by atoms with Crippen LogP contribution in [0.3, 0.4) is 0 Å². The van der Waals surface area contributed by atoms with Gasteiger partial charge in [0.2, 0.25) is 5.95 Å². The van der Waals surface area contributed by atoms with Gasteiger partial charge in [0.1, 0.15) is 11.6 Å². The standard InChI is InChI=1S/C13H23N5O/c1-2-6-15-11-8-12(17-13(14)16-11)18-7-4-3-5-10(18)9-19/h8,10,19H,2-7,9H2,1H3,(H3,14,15,16,17). The summed E-state index contributed by atoms with van der Waals surface area (Å²) in [6, 6.07) is 2.06. The van der Waals surface area contributed by atoms with Crippen molar-refractivity contribution in [3.63, 3.8) is 0 Å². The Morgan fingerprint density at radius 3 is 3.05 bits per heavy atom. The third kappa shape index (κ3) is 3.47. The van der Waals surface area contributed by atoms with Gasteiger partial charge in [-0.15, -0.1) is 0 Å². The molecule has 6 heteroatoms. The molecule has 6 nitrogen and oxygen atoms in total. The van der Waals surface area contributed by atoms with Gasteiger partial charge >= 0.3 is 0 Å². The van der Waals surface area contributed by atoms with Gasteiger partial charge in [-0.05, 0) is 25.7 Å². The molecular formula is C13H23N5O. The number of aliphatic hydroxyl groups excluding tert-OH is 1. The Morgan fingerprint density at radius 1 is 1.47 bits per heavy atom. The molecule has 2 heterocycles. The molecule has 1 fully saturated rings. The first kappa shape index (κ1) is 13.9. The molecule has 1 aromatic heterocycles. The normalized spacial score (nSPS) is 19.5. The van der Waals surface area contributed by atoms with Crippen LogP contribution in [0, 0.1) is 0 Å². The average molecular weight is 265 g/mol. The maximum Gasteiger partial charge on any atom is 0.223 e. The van der Waals surface area contributed by atoms with Gasteiger partial charge in [0, 0.05) is 19.2 Å². The van der Waals surface area contributed by atoms with E-state index >= 15 is 0 Å². The minimum atomic E-state index is 0.141. The van der Waals surface area contributed by atoms with Crippen molar-refractivity contribution >= 4 is 17.6 Å². The van der Waals surface area contributed by atoms with Crippen LogP contribution in [0.1, 0.15) is 32.6 Å². The van der Waals surface area contributed by atoms with E-state index in [1.807, 2.05) is 6.07 Å². The van der Waals surface area contributed by atoms with Crippen molar-refractivity contribution in [1.82, 2.24) is 9.97 Å². The SMILES string of the molecule is CCCNc1cc(N2CCCCC2CO)nc(N)n1. The number of nitrogens with one attached hydrogen (secondary N) is 1. The number of aliphatic hydroxyl groups is 1. The van der Waals surface area contributed by atoms with Crippen LogP contribution in [0.2, 0.25) is 0 Å². The van der Waals surface area contributed by atoms with Crippen molar-refractivity contribution in [3.05, 3.63) is 6.07 Å². The minimum absolute atomic E-state index is 0.141. The van der Waals surface area contributed by atoms with Crippen LogP contribution < -0.4 is 16.0 Å². The van der Waals surface area contributed by atoms with Gasteiger partial charge in [0.05, 0.1) is 12.6 Å². The molecule has 1 unspecified atom stereocenters. The summed E-state index contributed by atoms with van der Waals surface area (Å²) in [5, 5.41) is 12.7. The molecule has 19 heavy (non-hydrogen) atoms. The largest absolute Gasteiger partial charge is 0.394 e. The van der Waals surface area contributed by atoms with E-state index < -0.39 is 0 Å². The Kier molecular flexibility index (Phi) is 4.79. The van der Waals surface area contributed by atoms with Crippen LogP contribution >= 0.6 is 0 Å². The number of anilines is 3. The fourth-order valence-corrected chi connectivity index (χ4v) is 2.44. The number of nitrogens with two attached hydrogens (primary N) is 1. The predicted molar refractivity (Wildman–Crippen MR) is 77.3 cm³/mol. The first-order chi connectivity index (χ1) is 9.24. The molecule has 106 valence electrons. The molecule has 0 aliphatic carbocycles. The zero-order chi connectivity index (χ0) is 13.7. The third-order valence-electron chi connectivity index (χ3n) is 3.42. The van der Waals surface area contributed by atoms with Gasteiger partial charge in [-0.3, -0.25) is 0 Å². The monoisotopic (exact) mass is 265 g/mol. The van der Waals surface area contributed by atoms with Gasteiger partial charge < -0.3 is 21.1 Å². The molecule has 0 radical (unpaired) electrons. The molecule has 0 aromatic carbocycles. The lowest BCUT2D eigenvalue weighted by Gasteiger charge is -2.35. The quantitative estimate of drug-likeness (QED) is 0.742. The van der Waals surface area contributed by atoms with E-state index in [0.29, 0.717) is 0 Å². The molecule has 0 saturated carbocycles.